The summed E-state index contributed by atoms with van der Waals surface area (Å²) in [5.41, 5.74) is 1.35. The zero-order valence-corrected chi connectivity index (χ0v) is 12.3. The number of halogens is 3. The Balaban J connectivity index is 2.25. The fraction of sp³-hybridized carbons (Fsp3) is 0.0769. The molecule has 18 heavy (non-hydrogen) atoms. The molecule has 5 heteroatoms. The Morgan fingerprint density at radius 1 is 1.28 bits per heavy atom. The van der Waals surface area contributed by atoms with Crippen molar-refractivity contribution in [3.05, 3.63) is 62.3 Å². The Labute approximate surface area is 123 Å². The molecule has 0 N–H and O–H groups in total. The number of hydrogen-bond donors (Lipinski definition) is 0. The van der Waals surface area contributed by atoms with Crippen LogP contribution in [0, 0.1) is 0 Å². The maximum absolute atomic E-state index is 12.1. The largest absolute Gasteiger partial charge is 0.294 e. The highest BCUT2D eigenvalue weighted by Gasteiger charge is 2.12. The van der Waals surface area contributed by atoms with Crippen LogP contribution in [0.3, 0.4) is 0 Å². The van der Waals surface area contributed by atoms with Gasteiger partial charge in [-0.25, -0.2) is 0 Å². The van der Waals surface area contributed by atoms with Crippen LogP contribution in [-0.2, 0) is 6.42 Å². The molecule has 0 saturated heterocycles. The average molecular weight is 345 g/mol. The van der Waals surface area contributed by atoms with Gasteiger partial charge < -0.3 is 0 Å². The Kier molecular flexibility index (Phi) is 4.38. The first-order valence-electron chi connectivity index (χ1n) is 5.14. The number of hydrogen-bond acceptors (Lipinski definition) is 2. The van der Waals surface area contributed by atoms with Gasteiger partial charge in [-0.2, -0.15) is 0 Å². The third kappa shape index (κ3) is 3.10. The Morgan fingerprint density at radius 3 is 2.72 bits per heavy atom. The van der Waals surface area contributed by atoms with Gasteiger partial charge in [-0.15, -0.1) is 0 Å². The van der Waals surface area contributed by atoms with Crippen molar-refractivity contribution < 1.29 is 4.79 Å². The minimum Gasteiger partial charge on any atom is -0.294 e. The summed E-state index contributed by atoms with van der Waals surface area (Å²) in [7, 11) is 0. The lowest BCUT2D eigenvalue weighted by Crippen LogP contribution is -2.05. The Hall–Kier alpha value is -0.900. The highest BCUT2D eigenvalue weighted by Crippen LogP contribution is 2.24. The van der Waals surface area contributed by atoms with Crippen LogP contribution in [0.2, 0.25) is 10.0 Å². The van der Waals surface area contributed by atoms with E-state index in [0.717, 1.165) is 5.56 Å². The van der Waals surface area contributed by atoms with Crippen LogP contribution in [0.25, 0.3) is 0 Å². The van der Waals surface area contributed by atoms with Gasteiger partial charge in [0.15, 0.2) is 5.78 Å². The van der Waals surface area contributed by atoms with Gasteiger partial charge in [-0.05, 0) is 45.8 Å². The molecule has 1 aromatic carbocycles. The summed E-state index contributed by atoms with van der Waals surface area (Å²) >= 11 is 15.1. The van der Waals surface area contributed by atoms with Crippen LogP contribution >= 0.6 is 39.1 Å². The molecule has 2 nitrogen and oxygen atoms in total. The summed E-state index contributed by atoms with van der Waals surface area (Å²) in [4.78, 5) is 16.0. The average Bonchev–Trinajstić information content (AvgIpc) is 2.32. The molecule has 0 amide bonds. The van der Waals surface area contributed by atoms with E-state index in [2.05, 4.69) is 20.9 Å². The second kappa shape index (κ2) is 5.83. The van der Waals surface area contributed by atoms with Crippen molar-refractivity contribution in [3.8, 4) is 0 Å². The van der Waals surface area contributed by atoms with Crippen molar-refractivity contribution >= 4 is 44.9 Å². The molecule has 0 fully saturated rings. The first kappa shape index (κ1) is 13.5. The van der Waals surface area contributed by atoms with Crippen LogP contribution in [0.5, 0.6) is 0 Å². The van der Waals surface area contributed by atoms with E-state index in [1.165, 1.54) is 6.20 Å². The first-order valence-corrected chi connectivity index (χ1v) is 6.69. The molecule has 0 unspecified atom stereocenters. The number of rotatable bonds is 3. The second-order valence-corrected chi connectivity index (χ2v) is 5.39. The van der Waals surface area contributed by atoms with Crippen LogP contribution in [0.1, 0.15) is 15.9 Å². The fourth-order valence-electron chi connectivity index (χ4n) is 1.53. The third-order valence-electron chi connectivity index (χ3n) is 2.44. The maximum atomic E-state index is 12.1. The first-order chi connectivity index (χ1) is 8.58. The second-order valence-electron chi connectivity index (χ2n) is 3.69. The molecular weight excluding hydrogens is 337 g/mol. The normalized spacial score (nSPS) is 10.4. The molecule has 0 atom stereocenters. The number of carbonyl (C=O) groups excluding carboxylic acids is 1. The molecule has 1 heterocycles. The predicted molar refractivity (Wildman–Crippen MR) is 76.4 cm³/mol. The van der Waals surface area contributed by atoms with E-state index in [1.807, 2.05) is 0 Å². The number of benzene rings is 1. The zero-order valence-electron chi connectivity index (χ0n) is 9.16. The van der Waals surface area contributed by atoms with Gasteiger partial charge in [0.25, 0.3) is 0 Å². The molecule has 1 aromatic heterocycles. The number of Topliss-reactive ketones (excluding diaryl/α,β-unsaturated/α-hetero) is 1. The van der Waals surface area contributed by atoms with Crippen molar-refractivity contribution in [1.82, 2.24) is 4.98 Å². The van der Waals surface area contributed by atoms with Gasteiger partial charge in [0, 0.05) is 33.9 Å². The molecule has 0 aliphatic heterocycles. The standard InChI is InChI=1S/C13H8BrCl2NO/c14-11-6-9(15)1-2-10(11)13(18)5-8-3-4-17-7-12(8)16/h1-4,6-7H,5H2. The topological polar surface area (TPSA) is 30.0 Å². The summed E-state index contributed by atoms with van der Waals surface area (Å²) in [6, 6.07) is 6.82. The van der Waals surface area contributed by atoms with Gasteiger partial charge in [-0.1, -0.05) is 23.2 Å². The summed E-state index contributed by atoms with van der Waals surface area (Å²) in [6.45, 7) is 0. The third-order valence-corrected chi connectivity index (χ3v) is 3.67. The number of ketones is 1. The van der Waals surface area contributed by atoms with E-state index < -0.39 is 0 Å². The molecule has 0 radical (unpaired) electrons. The van der Waals surface area contributed by atoms with E-state index in [1.54, 1.807) is 30.5 Å². The highest BCUT2D eigenvalue weighted by atomic mass is 79.9. The van der Waals surface area contributed by atoms with Crippen molar-refractivity contribution in [3.63, 3.8) is 0 Å². The minimum atomic E-state index is -0.0216. The maximum Gasteiger partial charge on any atom is 0.168 e. The number of aromatic nitrogens is 1. The number of carbonyl (C=O) groups is 1. The number of pyridine rings is 1. The molecular formula is C13H8BrCl2NO. The van der Waals surface area contributed by atoms with E-state index in [4.69, 9.17) is 23.2 Å². The lowest BCUT2D eigenvalue weighted by Gasteiger charge is -2.05. The summed E-state index contributed by atoms with van der Waals surface area (Å²) in [6.07, 6.45) is 3.38. The van der Waals surface area contributed by atoms with E-state index in [0.29, 0.717) is 20.1 Å². The van der Waals surface area contributed by atoms with Crippen LogP contribution in [0.15, 0.2) is 41.1 Å². The summed E-state index contributed by atoms with van der Waals surface area (Å²) in [5, 5.41) is 1.08. The molecule has 0 aliphatic rings. The van der Waals surface area contributed by atoms with E-state index in [9.17, 15) is 4.79 Å². The molecule has 2 rings (SSSR count). The Morgan fingerprint density at radius 2 is 2.06 bits per heavy atom. The van der Waals surface area contributed by atoms with Crippen molar-refractivity contribution in [2.75, 3.05) is 0 Å². The molecule has 0 saturated carbocycles. The van der Waals surface area contributed by atoms with E-state index >= 15 is 0 Å². The van der Waals surface area contributed by atoms with Crippen LogP contribution in [0.4, 0.5) is 0 Å². The zero-order chi connectivity index (χ0) is 13.1. The monoisotopic (exact) mass is 343 g/mol. The molecule has 2 aromatic rings. The molecule has 0 bridgehead atoms. The molecule has 0 spiro atoms. The summed E-state index contributed by atoms with van der Waals surface area (Å²) in [5.74, 6) is -0.0216. The van der Waals surface area contributed by atoms with Crippen LogP contribution in [-0.4, -0.2) is 10.8 Å². The Bertz CT molecular complexity index is 601. The van der Waals surface area contributed by atoms with Crippen molar-refractivity contribution in [1.29, 1.82) is 0 Å². The fourth-order valence-corrected chi connectivity index (χ4v) is 2.62. The van der Waals surface area contributed by atoms with Gasteiger partial charge in [0.2, 0.25) is 0 Å². The summed E-state index contributed by atoms with van der Waals surface area (Å²) < 4.78 is 0.685. The van der Waals surface area contributed by atoms with Gasteiger partial charge in [0.05, 0.1) is 5.02 Å². The molecule has 0 aliphatic carbocycles. The smallest absolute Gasteiger partial charge is 0.168 e. The number of nitrogens with zero attached hydrogens (tertiary/aromatic N) is 1. The highest BCUT2D eigenvalue weighted by molar-refractivity contribution is 9.10. The quantitative estimate of drug-likeness (QED) is 0.763. The van der Waals surface area contributed by atoms with Gasteiger partial charge in [0.1, 0.15) is 0 Å². The molecule has 92 valence electrons. The lowest BCUT2D eigenvalue weighted by atomic mass is 10.0. The van der Waals surface area contributed by atoms with Gasteiger partial charge >= 0.3 is 0 Å². The SMILES string of the molecule is O=C(Cc1ccncc1Cl)c1ccc(Cl)cc1Br. The van der Waals surface area contributed by atoms with Crippen molar-refractivity contribution in [2.24, 2.45) is 0 Å². The van der Waals surface area contributed by atoms with Crippen LogP contribution < -0.4 is 0 Å². The van der Waals surface area contributed by atoms with E-state index in [-0.39, 0.29) is 12.2 Å². The lowest BCUT2D eigenvalue weighted by molar-refractivity contribution is 0.0992. The predicted octanol–water partition coefficient (Wildman–Crippen LogP) is 4.58. The van der Waals surface area contributed by atoms with Crippen molar-refractivity contribution in [2.45, 2.75) is 6.42 Å². The minimum absolute atomic E-state index is 0.0216. The van der Waals surface area contributed by atoms with Gasteiger partial charge in [-0.3, -0.25) is 9.78 Å².